The number of esters is 1. The van der Waals surface area contributed by atoms with Gasteiger partial charge in [0.05, 0.1) is 6.61 Å². The number of ether oxygens (including phenoxy) is 1. The summed E-state index contributed by atoms with van der Waals surface area (Å²) >= 11 is 0. The fourth-order valence-electron chi connectivity index (χ4n) is 2.28. The lowest BCUT2D eigenvalue weighted by Gasteiger charge is -2.09. The van der Waals surface area contributed by atoms with E-state index in [1.54, 1.807) is 37.3 Å². The van der Waals surface area contributed by atoms with Gasteiger partial charge < -0.3 is 15.2 Å². The first kappa shape index (κ1) is 18.7. The van der Waals surface area contributed by atoms with Crippen LogP contribution in [0.1, 0.15) is 28.4 Å². The van der Waals surface area contributed by atoms with Crippen LogP contribution in [0.25, 0.3) is 5.76 Å². The second kappa shape index (κ2) is 8.49. The summed E-state index contributed by atoms with van der Waals surface area (Å²) in [7, 11) is 0. The van der Waals surface area contributed by atoms with E-state index in [0.29, 0.717) is 11.3 Å². The zero-order valence-corrected chi connectivity index (χ0v) is 14.4. The molecule has 0 aromatic heterocycles. The molecule has 0 aliphatic carbocycles. The monoisotopic (exact) mass is 350 g/mol. The second-order valence-corrected chi connectivity index (χ2v) is 5.40. The van der Waals surface area contributed by atoms with E-state index in [1.165, 1.54) is 12.1 Å². The lowest BCUT2D eigenvalue weighted by molar-refractivity contribution is -0.138. The fourth-order valence-corrected chi connectivity index (χ4v) is 2.28. The third-order valence-corrected chi connectivity index (χ3v) is 3.63. The number of hydrogen-bond acceptors (Lipinski definition) is 5. The number of carbonyl (C=O) groups is 2. The molecule has 6 nitrogen and oxygen atoms in total. The van der Waals surface area contributed by atoms with Gasteiger partial charge in [-0.25, -0.2) is 4.79 Å². The summed E-state index contributed by atoms with van der Waals surface area (Å²) in [6.07, 6.45) is 0. The normalized spacial score (nSPS) is 11.1. The summed E-state index contributed by atoms with van der Waals surface area (Å²) in [5, 5.41) is 21.9. The number of nitrogens with zero attached hydrogens (tertiary/aromatic N) is 1. The van der Waals surface area contributed by atoms with Gasteiger partial charge >= 0.3 is 5.97 Å². The minimum Gasteiger partial charge on any atom is -0.506 e. The number of benzene rings is 2. The highest BCUT2D eigenvalue weighted by Gasteiger charge is 2.17. The van der Waals surface area contributed by atoms with Crippen molar-refractivity contribution in [2.24, 2.45) is 0 Å². The molecular weight excluding hydrogens is 332 g/mol. The number of aliphatic hydroxyl groups is 1. The van der Waals surface area contributed by atoms with E-state index in [-0.39, 0.29) is 18.1 Å². The molecule has 0 fully saturated rings. The zero-order valence-electron chi connectivity index (χ0n) is 14.4. The Morgan fingerprint density at radius 2 is 1.81 bits per heavy atom. The van der Waals surface area contributed by atoms with Gasteiger partial charge in [-0.3, -0.25) is 4.79 Å². The van der Waals surface area contributed by atoms with Crippen molar-refractivity contribution in [3.8, 4) is 6.07 Å². The van der Waals surface area contributed by atoms with Crippen molar-refractivity contribution in [3.63, 3.8) is 0 Å². The number of nitriles is 1. The Hall–Kier alpha value is -3.59. The topological polar surface area (TPSA) is 99.4 Å². The van der Waals surface area contributed by atoms with Crippen LogP contribution in [0.15, 0.2) is 54.1 Å². The van der Waals surface area contributed by atoms with Crippen molar-refractivity contribution in [2.75, 3.05) is 11.9 Å². The molecule has 2 N–H and O–H groups in total. The molecule has 132 valence electrons. The van der Waals surface area contributed by atoms with Gasteiger partial charge in [0.15, 0.2) is 5.57 Å². The van der Waals surface area contributed by atoms with Crippen LogP contribution in [0.3, 0.4) is 0 Å². The third-order valence-electron chi connectivity index (χ3n) is 3.63. The predicted octanol–water partition coefficient (Wildman–Crippen LogP) is 3.60. The van der Waals surface area contributed by atoms with Crippen LogP contribution in [-0.2, 0) is 9.53 Å². The maximum Gasteiger partial charge on any atom is 0.352 e. The minimum absolute atomic E-state index is 0.0984. The van der Waals surface area contributed by atoms with Gasteiger partial charge in [0.2, 0.25) is 0 Å². The van der Waals surface area contributed by atoms with Gasteiger partial charge in [0.1, 0.15) is 11.8 Å². The average molecular weight is 350 g/mol. The van der Waals surface area contributed by atoms with Crippen molar-refractivity contribution in [3.05, 3.63) is 70.8 Å². The molecule has 0 aliphatic heterocycles. The Kier molecular flexibility index (Phi) is 6.12. The number of aliphatic hydroxyl groups excluding tert-OH is 1. The molecule has 0 unspecified atom stereocenters. The van der Waals surface area contributed by atoms with Crippen LogP contribution in [-0.4, -0.2) is 23.6 Å². The summed E-state index contributed by atoms with van der Waals surface area (Å²) in [4.78, 5) is 24.0. The average Bonchev–Trinajstić information content (AvgIpc) is 2.63. The molecule has 0 atom stereocenters. The Balaban J connectivity index is 2.20. The van der Waals surface area contributed by atoms with Crippen molar-refractivity contribution in [1.82, 2.24) is 0 Å². The number of rotatable bonds is 5. The van der Waals surface area contributed by atoms with E-state index >= 15 is 0 Å². The van der Waals surface area contributed by atoms with Gasteiger partial charge in [-0.2, -0.15) is 5.26 Å². The van der Waals surface area contributed by atoms with Crippen LogP contribution in [0.5, 0.6) is 0 Å². The molecule has 0 saturated carbocycles. The molecule has 2 aromatic rings. The van der Waals surface area contributed by atoms with Crippen molar-refractivity contribution < 1.29 is 19.4 Å². The number of amides is 1. The van der Waals surface area contributed by atoms with E-state index in [9.17, 15) is 14.7 Å². The Labute approximate surface area is 151 Å². The number of nitrogens with one attached hydrogen (secondary N) is 1. The maximum absolute atomic E-state index is 12.3. The molecule has 1 amide bonds. The second-order valence-electron chi connectivity index (χ2n) is 5.40. The highest BCUT2D eigenvalue weighted by molar-refractivity contribution is 6.05. The summed E-state index contributed by atoms with van der Waals surface area (Å²) in [5.41, 5.74) is 1.74. The van der Waals surface area contributed by atoms with Crippen LogP contribution in [0, 0.1) is 18.3 Å². The van der Waals surface area contributed by atoms with Crippen molar-refractivity contribution in [2.45, 2.75) is 13.8 Å². The quantitative estimate of drug-likeness (QED) is 0.371. The van der Waals surface area contributed by atoms with E-state index in [2.05, 4.69) is 5.32 Å². The molecule has 6 heteroatoms. The number of carbonyl (C=O) groups excluding carboxylic acids is 2. The molecule has 0 spiro atoms. The molecule has 2 aromatic carbocycles. The van der Waals surface area contributed by atoms with Gasteiger partial charge in [0, 0.05) is 16.8 Å². The lowest BCUT2D eigenvalue weighted by Crippen LogP contribution is -2.13. The maximum atomic E-state index is 12.3. The van der Waals surface area contributed by atoms with Crippen LogP contribution in [0.2, 0.25) is 0 Å². The molecule has 0 radical (unpaired) electrons. The Bertz CT molecular complexity index is 893. The van der Waals surface area contributed by atoms with Crippen LogP contribution >= 0.6 is 0 Å². The first-order valence-corrected chi connectivity index (χ1v) is 7.95. The van der Waals surface area contributed by atoms with Crippen LogP contribution in [0.4, 0.5) is 5.69 Å². The standard InChI is InChI=1S/C20H18N2O4/c1-3-26-20(25)17(12-21)18(23)14-8-10-15(11-9-14)22-19(24)16-7-5-4-6-13(16)2/h4-11,23H,3H2,1-2H3,(H,22,24)/b18-17-. The molecule has 26 heavy (non-hydrogen) atoms. The highest BCUT2D eigenvalue weighted by Crippen LogP contribution is 2.20. The summed E-state index contributed by atoms with van der Waals surface area (Å²) in [6.45, 7) is 3.55. The molecule has 0 bridgehead atoms. The predicted molar refractivity (Wildman–Crippen MR) is 97.4 cm³/mol. The van der Waals surface area contributed by atoms with Gasteiger partial charge in [-0.1, -0.05) is 18.2 Å². The van der Waals surface area contributed by atoms with E-state index in [4.69, 9.17) is 10.00 Å². The molecular formula is C20H18N2O4. The minimum atomic E-state index is -0.885. The molecule has 2 rings (SSSR count). The smallest absolute Gasteiger partial charge is 0.352 e. The first-order chi connectivity index (χ1) is 12.5. The third kappa shape index (κ3) is 4.28. The number of aryl methyl sites for hydroxylation is 1. The zero-order chi connectivity index (χ0) is 19.1. The van der Waals surface area contributed by atoms with Gasteiger partial charge in [-0.15, -0.1) is 0 Å². The van der Waals surface area contributed by atoms with E-state index in [1.807, 2.05) is 19.1 Å². The van der Waals surface area contributed by atoms with Crippen molar-refractivity contribution >= 4 is 23.3 Å². The van der Waals surface area contributed by atoms with E-state index in [0.717, 1.165) is 5.56 Å². The van der Waals surface area contributed by atoms with Crippen molar-refractivity contribution in [1.29, 1.82) is 5.26 Å². The van der Waals surface area contributed by atoms with Gasteiger partial charge in [0.25, 0.3) is 5.91 Å². The number of hydrogen-bond donors (Lipinski definition) is 2. The summed E-state index contributed by atoms with van der Waals surface area (Å²) in [6, 6.07) is 15.0. The Morgan fingerprint density at radius 3 is 2.38 bits per heavy atom. The number of anilines is 1. The SMILES string of the molecule is CCOC(=O)/C(C#N)=C(\O)c1ccc(NC(=O)c2ccccc2C)cc1. The van der Waals surface area contributed by atoms with Crippen LogP contribution < -0.4 is 5.32 Å². The molecule has 0 heterocycles. The molecule has 0 saturated heterocycles. The highest BCUT2D eigenvalue weighted by atomic mass is 16.5. The molecule has 0 aliphatic rings. The summed E-state index contributed by atoms with van der Waals surface area (Å²) < 4.78 is 4.74. The summed E-state index contributed by atoms with van der Waals surface area (Å²) in [5.74, 6) is -1.60. The Morgan fingerprint density at radius 1 is 1.15 bits per heavy atom. The first-order valence-electron chi connectivity index (χ1n) is 7.95. The van der Waals surface area contributed by atoms with Gasteiger partial charge in [-0.05, 0) is 49.7 Å². The van der Waals surface area contributed by atoms with E-state index < -0.39 is 17.3 Å². The largest absolute Gasteiger partial charge is 0.506 e. The lowest BCUT2D eigenvalue weighted by atomic mass is 10.1. The fraction of sp³-hybridized carbons (Fsp3) is 0.150.